The van der Waals surface area contributed by atoms with Gasteiger partial charge in [0.25, 0.3) is 5.91 Å². The molecule has 0 saturated heterocycles. The number of hydrogen-bond donors (Lipinski definition) is 1. The number of halogens is 4. The van der Waals surface area contributed by atoms with Gasteiger partial charge in [0.15, 0.2) is 0 Å². The fraction of sp³-hybridized carbons (Fsp3) is 0.0769. The normalized spacial score (nSPS) is 12.7. The van der Waals surface area contributed by atoms with Crippen LogP contribution in [0, 0.1) is 0 Å². The van der Waals surface area contributed by atoms with Crippen molar-refractivity contribution in [2.45, 2.75) is 12.3 Å². The van der Waals surface area contributed by atoms with Gasteiger partial charge in [-0.3, -0.25) is 4.79 Å². The van der Waals surface area contributed by atoms with E-state index in [1.165, 1.54) is 28.7 Å². The van der Waals surface area contributed by atoms with Crippen molar-refractivity contribution in [1.82, 2.24) is 0 Å². The van der Waals surface area contributed by atoms with E-state index < -0.39 is 34.7 Å². The van der Waals surface area contributed by atoms with Gasteiger partial charge in [0, 0.05) is 21.0 Å². The van der Waals surface area contributed by atoms with E-state index in [-0.39, 0.29) is 11.3 Å². The fourth-order valence-corrected chi connectivity index (χ4v) is 4.89. The molecule has 2 heterocycles. The number of thiophene rings is 2. The lowest BCUT2D eigenvalue weighted by Gasteiger charge is -2.19. The van der Waals surface area contributed by atoms with E-state index in [4.69, 9.17) is 16.3 Å². The largest absolute Gasteiger partial charge is 0.444 e. The minimum Gasteiger partial charge on any atom is -0.444 e. The van der Waals surface area contributed by atoms with Gasteiger partial charge in [-0.2, -0.15) is 13.2 Å². The Morgan fingerprint density at radius 1 is 0.944 bits per heavy atom. The topological polar surface area (TPSA) is 55.4 Å². The van der Waals surface area contributed by atoms with E-state index >= 15 is 0 Å². The molecule has 1 atom stereocenters. The molecule has 1 N–H and O–H groups in total. The summed E-state index contributed by atoms with van der Waals surface area (Å²) in [7, 11) is 0. The predicted octanol–water partition coefficient (Wildman–Crippen LogP) is 7.95. The maximum Gasteiger partial charge on any atom is 0.417 e. The van der Waals surface area contributed by atoms with Crippen LogP contribution in [0.2, 0.25) is 5.02 Å². The molecule has 0 aliphatic heterocycles. The standard InChI is InChI=1S/C26H17ClF3NO3S2/c27-21-11-10-17(14-20(21)26(28,29)30)31-24(32)23(16-6-2-1-3-7-16)34-25(33)19(22-9-5-13-36-22)15-18-8-4-12-35-18/h1-15,23H,(H,31,32). The van der Waals surface area contributed by atoms with Crippen molar-refractivity contribution in [2.75, 3.05) is 5.32 Å². The molecule has 4 nitrogen and oxygen atoms in total. The SMILES string of the molecule is O=C(OC(C(=O)Nc1ccc(Cl)c(C(F)(F)F)c1)c1ccccc1)C(=Cc1cccs1)c1cccs1. The molecule has 0 bridgehead atoms. The van der Waals surface area contributed by atoms with Gasteiger partial charge in [0.2, 0.25) is 6.10 Å². The Morgan fingerprint density at radius 2 is 1.67 bits per heavy atom. The Labute approximate surface area is 217 Å². The summed E-state index contributed by atoms with van der Waals surface area (Å²) < 4.78 is 45.5. The van der Waals surface area contributed by atoms with Crippen molar-refractivity contribution in [3.8, 4) is 0 Å². The van der Waals surface area contributed by atoms with Crippen molar-refractivity contribution in [2.24, 2.45) is 0 Å². The van der Waals surface area contributed by atoms with Crippen molar-refractivity contribution in [1.29, 1.82) is 0 Å². The summed E-state index contributed by atoms with van der Waals surface area (Å²) in [4.78, 5) is 28.0. The zero-order chi connectivity index (χ0) is 25.7. The third kappa shape index (κ3) is 6.23. The molecule has 2 aromatic heterocycles. The van der Waals surface area contributed by atoms with Gasteiger partial charge in [0.1, 0.15) is 0 Å². The quantitative estimate of drug-likeness (QED) is 0.189. The molecule has 36 heavy (non-hydrogen) atoms. The smallest absolute Gasteiger partial charge is 0.417 e. The molecule has 0 saturated carbocycles. The summed E-state index contributed by atoms with van der Waals surface area (Å²) in [5.41, 5.74) is -0.613. The van der Waals surface area contributed by atoms with E-state index in [1.807, 2.05) is 22.9 Å². The van der Waals surface area contributed by atoms with Crippen LogP contribution in [0.1, 0.15) is 27.0 Å². The Kier molecular flexibility index (Phi) is 7.93. The first-order chi connectivity index (χ1) is 17.2. The molecular formula is C26H17ClF3NO3S2. The average molecular weight is 548 g/mol. The number of benzene rings is 2. The van der Waals surface area contributed by atoms with Crippen LogP contribution in [0.15, 0.2) is 83.6 Å². The Morgan fingerprint density at radius 3 is 2.31 bits per heavy atom. The van der Waals surface area contributed by atoms with Gasteiger partial charge in [-0.25, -0.2) is 4.79 Å². The zero-order valence-electron chi connectivity index (χ0n) is 18.3. The molecule has 4 aromatic rings. The molecular weight excluding hydrogens is 531 g/mol. The van der Waals surface area contributed by atoms with Crippen LogP contribution in [0.4, 0.5) is 18.9 Å². The van der Waals surface area contributed by atoms with Crippen LogP contribution in [-0.2, 0) is 20.5 Å². The van der Waals surface area contributed by atoms with Gasteiger partial charge in [0.05, 0.1) is 16.2 Å². The van der Waals surface area contributed by atoms with Crippen molar-refractivity contribution in [3.05, 3.63) is 109 Å². The Balaban J connectivity index is 1.64. The first kappa shape index (κ1) is 25.7. The second-order valence-electron chi connectivity index (χ2n) is 7.43. The van der Waals surface area contributed by atoms with Gasteiger partial charge in [-0.15, -0.1) is 22.7 Å². The molecule has 0 aliphatic rings. The van der Waals surface area contributed by atoms with E-state index in [9.17, 15) is 22.8 Å². The number of carbonyl (C=O) groups is 2. The van der Waals surface area contributed by atoms with E-state index in [0.717, 1.165) is 17.0 Å². The van der Waals surface area contributed by atoms with Crippen LogP contribution in [-0.4, -0.2) is 11.9 Å². The number of anilines is 1. The fourth-order valence-electron chi connectivity index (χ4n) is 3.28. The number of ether oxygens (including phenoxy) is 1. The number of nitrogens with one attached hydrogen (secondary N) is 1. The molecule has 0 radical (unpaired) electrons. The zero-order valence-corrected chi connectivity index (χ0v) is 20.7. The summed E-state index contributed by atoms with van der Waals surface area (Å²) in [5, 5.41) is 5.60. The van der Waals surface area contributed by atoms with Crippen LogP contribution < -0.4 is 5.32 Å². The first-order valence-corrected chi connectivity index (χ1v) is 12.6. The lowest BCUT2D eigenvalue weighted by Crippen LogP contribution is -2.26. The van der Waals surface area contributed by atoms with E-state index in [2.05, 4.69) is 5.32 Å². The monoisotopic (exact) mass is 547 g/mol. The highest BCUT2D eigenvalue weighted by Crippen LogP contribution is 2.36. The molecule has 1 amide bonds. The molecule has 0 spiro atoms. The summed E-state index contributed by atoms with van der Waals surface area (Å²) in [6.07, 6.45) is -4.45. The van der Waals surface area contributed by atoms with E-state index in [1.54, 1.807) is 48.5 Å². The second-order valence-corrected chi connectivity index (χ2v) is 9.76. The molecule has 0 fully saturated rings. The summed E-state index contributed by atoms with van der Waals surface area (Å²) in [5.74, 6) is -1.56. The number of amides is 1. The highest BCUT2D eigenvalue weighted by molar-refractivity contribution is 7.12. The highest BCUT2D eigenvalue weighted by atomic mass is 35.5. The number of carbonyl (C=O) groups excluding carboxylic acids is 2. The molecule has 0 aliphatic carbocycles. The maximum absolute atomic E-state index is 13.3. The van der Waals surface area contributed by atoms with Crippen molar-refractivity contribution in [3.63, 3.8) is 0 Å². The minimum atomic E-state index is -4.70. The lowest BCUT2D eigenvalue weighted by molar-refractivity contribution is -0.148. The third-order valence-corrected chi connectivity index (χ3v) is 6.99. The first-order valence-electron chi connectivity index (χ1n) is 10.4. The number of rotatable bonds is 7. The van der Waals surface area contributed by atoms with Crippen LogP contribution in [0.5, 0.6) is 0 Å². The average Bonchev–Trinajstić information content (AvgIpc) is 3.56. The van der Waals surface area contributed by atoms with Crippen molar-refractivity contribution < 1.29 is 27.5 Å². The minimum absolute atomic E-state index is 0.138. The molecule has 2 aromatic carbocycles. The van der Waals surface area contributed by atoms with Gasteiger partial charge < -0.3 is 10.1 Å². The molecule has 1 unspecified atom stereocenters. The molecule has 184 valence electrons. The second kappa shape index (κ2) is 11.1. The van der Waals surface area contributed by atoms with Crippen LogP contribution in [0.3, 0.4) is 0 Å². The van der Waals surface area contributed by atoms with Crippen LogP contribution >= 0.6 is 34.3 Å². The lowest BCUT2D eigenvalue weighted by atomic mass is 10.1. The van der Waals surface area contributed by atoms with Crippen LogP contribution in [0.25, 0.3) is 11.6 Å². The summed E-state index contributed by atoms with van der Waals surface area (Å²) >= 11 is 8.45. The van der Waals surface area contributed by atoms with Gasteiger partial charge >= 0.3 is 12.1 Å². The van der Waals surface area contributed by atoms with Crippen molar-refractivity contribution >= 4 is 63.5 Å². The Hall–Kier alpha value is -3.40. The van der Waals surface area contributed by atoms with Gasteiger partial charge in [-0.1, -0.05) is 54.1 Å². The highest BCUT2D eigenvalue weighted by Gasteiger charge is 2.34. The maximum atomic E-state index is 13.3. The molecule has 10 heteroatoms. The Bertz CT molecular complexity index is 1370. The predicted molar refractivity (Wildman–Crippen MR) is 137 cm³/mol. The third-order valence-electron chi connectivity index (χ3n) is 4.94. The van der Waals surface area contributed by atoms with E-state index in [0.29, 0.717) is 10.4 Å². The molecule has 4 rings (SSSR count). The number of alkyl halides is 3. The number of esters is 1. The van der Waals surface area contributed by atoms with Gasteiger partial charge in [-0.05, 0) is 47.2 Å². The summed E-state index contributed by atoms with van der Waals surface area (Å²) in [6.45, 7) is 0. The number of hydrogen-bond acceptors (Lipinski definition) is 5. The summed E-state index contributed by atoms with van der Waals surface area (Å²) in [6, 6.07) is 18.5.